The van der Waals surface area contributed by atoms with Gasteiger partial charge >= 0.3 is 0 Å². The zero-order valence-corrected chi connectivity index (χ0v) is 11.9. The number of aromatic nitrogens is 2. The van der Waals surface area contributed by atoms with Gasteiger partial charge < -0.3 is 10.3 Å². The second-order valence-corrected chi connectivity index (χ2v) is 5.93. The molecule has 1 heterocycles. The minimum atomic E-state index is 0.533. The van der Waals surface area contributed by atoms with Crippen LogP contribution in [0.25, 0.3) is 11.0 Å². The lowest BCUT2D eigenvalue weighted by Crippen LogP contribution is -2.20. The van der Waals surface area contributed by atoms with Gasteiger partial charge in [-0.25, -0.2) is 4.98 Å². The number of rotatable bonds is 2. The van der Waals surface area contributed by atoms with E-state index in [0.29, 0.717) is 12.0 Å². The Hall–Kier alpha value is -1.51. The molecule has 3 heteroatoms. The lowest BCUT2D eigenvalue weighted by Gasteiger charge is -2.30. The predicted octanol–water partition coefficient (Wildman–Crippen LogP) is 4.07. The van der Waals surface area contributed by atoms with Gasteiger partial charge in [0.05, 0.1) is 11.0 Å². The smallest absolute Gasteiger partial charge is 0.201 e. The van der Waals surface area contributed by atoms with Gasteiger partial charge in [-0.15, -0.1) is 0 Å². The lowest BCUT2D eigenvalue weighted by molar-refractivity contribution is 0.267. The number of benzene rings is 1. The molecule has 1 aromatic carbocycles. The van der Waals surface area contributed by atoms with Gasteiger partial charge in [0, 0.05) is 6.04 Å². The summed E-state index contributed by atoms with van der Waals surface area (Å²) in [7, 11) is 0. The first-order valence-electron chi connectivity index (χ1n) is 7.43. The van der Waals surface area contributed by atoms with Crippen LogP contribution in [-0.4, -0.2) is 9.55 Å². The normalized spacial score (nSPS) is 23.9. The molecule has 1 fully saturated rings. The van der Waals surface area contributed by atoms with E-state index in [9.17, 15) is 0 Å². The standard InChI is InChI=1S/C16H23N3/c1-3-12-5-4-6-13(10-12)19-15-9-11(2)7-8-14(15)18-16(19)17/h7-9,12-13H,3-6,10H2,1-2H3,(H2,17,18). The SMILES string of the molecule is CCC1CCCC(n2c(N)nc3ccc(C)cc32)C1. The molecule has 1 aromatic heterocycles. The van der Waals surface area contributed by atoms with Crippen LogP contribution in [-0.2, 0) is 0 Å². The van der Waals surface area contributed by atoms with Crippen molar-refractivity contribution < 1.29 is 0 Å². The molecule has 3 rings (SSSR count). The molecular formula is C16H23N3. The monoisotopic (exact) mass is 257 g/mol. The second kappa shape index (κ2) is 4.87. The maximum atomic E-state index is 6.17. The Bertz CT molecular complexity index is 585. The van der Waals surface area contributed by atoms with E-state index in [1.54, 1.807) is 0 Å². The fourth-order valence-corrected chi connectivity index (χ4v) is 3.47. The van der Waals surface area contributed by atoms with Crippen molar-refractivity contribution in [2.75, 3.05) is 5.73 Å². The number of nitrogens with two attached hydrogens (primary N) is 1. The van der Waals surface area contributed by atoms with Gasteiger partial charge in [0.25, 0.3) is 0 Å². The van der Waals surface area contributed by atoms with Crippen molar-refractivity contribution in [3.63, 3.8) is 0 Å². The van der Waals surface area contributed by atoms with Crippen molar-refractivity contribution in [2.45, 2.75) is 52.0 Å². The van der Waals surface area contributed by atoms with Gasteiger partial charge in [-0.2, -0.15) is 0 Å². The summed E-state index contributed by atoms with van der Waals surface area (Å²) in [5.74, 6) is 1.53. The summed E-state index contributed by atoms with van der Waals surface area (Å²) in [5, 5.41) is 0. The number of imidazole rings is 1. The van der Waals surface area contributed by atoms with Crippen LogP contribution in [0.4, 0.5) is 5.95 Å². The first-order valence-corrected chi connectivity index (χ1v) is 7.43. The molecule has 0 bridgehead atoms. The third kappa shape index (κ3) is 2.22. The van der Waals surface area contributed by atoms with Crippen LogP contribution in [0.2, 0.25) is 0 Å². The molecule has 0 aliphatic heterocycles. The molecule has 2 aromatic rings. The lowest BCUT2D eigenvalue weighted by atomic mass is 9.84. The molecule has 0 saturated heterocycles. The molecule has 19 heavy (non-hydrogen) atoms. The summed E-state index contributed by atoms with van der Waals surface area (Å²) < 4.78 is 2.28. The predicted molar refractivity (Wildman–Crippen MR) is 80.2 cm³/mol. The molecule has 1 aliphatic carbocycles. The minimum Gasteiger partial charge on any atom is -0.369 e. The van der Waals surface area contributed by atoms with Gasteiger partial charge in [-0.1, -0.05) is 32.3 Å². The van der Waals surface area contributed by atoms with E-state index >= 15 is 0 Å². The van der Waals surface area contributed by atoms with E-state index in [2.05, 4.69) is 41.6 Å². The van der Waals surface area contributed by atoms with Gasteiger partial charge in [0.2, 0.25) is 5.95 Å². The largest absolute Gasteiger partial charge is 0.369 e. The van der Waals surface area contributed by atoms with Gasteiger partial charge in [-0.05, 0) is 43.4 Å². The Labute approximate surface area is 114 Å². The Morgan fingerprint density at radius 1 is 1.37 bits per heavy atom. The van der Waals surface area contributed by atoms with E-state index in [1.165, 1.54) is 43.2 Å². The van der Waals surface area contributed by atoms with E-state index in [1.807, 2.05) is 0 Å². The zero-order chi connectivity index (χ0) is 13.4. The van der Waals surface area contributed by atoms with Crippen LogP contribution in [0.15, 0.2) is 18.2 Å². The van der Waals surface area contributed by atoms with Crippen molar-refractivity contribution in [3.8, 4) is 0 Å². The van der Waals surface area contributed by atoms with Crippen LogP contribution in [0.5, 0.6) is 0 Å². The van der Waals surface area contributed by atoms with E-state index in [4.69, 9.17) is 5.73 Å². The number of fused-ring (bicyclic) bond motifs is 1. The average Bonchev–Trinajstić information content (AvgIpc) is 2.74. The van der Waals surface area contributed by atoms with E-state index < -0.39 is 0 Å². The van der Waals surface area contributed by atoms with Crippen LogP contribution in [0, 0.1) is 12.8 Å². The summed E-state index contributed by atoms with van der Waals surface area (Å²) in [6.45, 7) is 4.43. The quantitative estimate of drug-likeness (QED) is 0.881. The number of nitrogen functional groups attached to an aromatic ring is 1. The summed E-state index contributed by atoms with van der Waals surface area (Å²) in [5.41, 5.74) is 9.68. The highest BCUT2D eigenvalue weighted by Crippen LogP contribution is 2.37. The third-order valence-corrected chi connectivity index (χ3v) is 4.57. The summed E-state index contributed by atoms with van der Waals surface area (Å²) in [4.78, 5) is 4.52. The highest BCUT2D eigenvalue weighted by atomic mass is 15.2. The van der Waals surface area contributed by atoms with Crippen LogP contribution in [0.1, 0.15) is 50.6 Å². The van der Waals surface area contributed by atoms with E-state index in [-0.39, 0.29) is 0 Å². The molecule has 1 aliphatic rings. The van der Waals surface area contributed by atoms with Crippen molar-refractivity contribution >= 4 is 17.0 Å². The highest BCUT2D eigenvalue weighted by Gasteiger charge is 2.25. The fourth-order valence-electron chi connectivity index (χ4n) is 3.47. The topological polar surface area (TPSA) is 43.8 Å². The van der Waals surface area contributed by atoms with Crippen molar-refractivity contribution in [1.82, 2.24) is 9.55 Å². The molecule has 1 saturated carbocycles. The first kappa shape index (κ1) is 12.5. The molecule has 0 spiro atoms. The highest BCUT2D eigenvalue weighted by molar-refractivity contribution is 5.79. The maximum Gasteiger partial charge on any atom is 0.201 e. The fraction of sp³-hybridized carbons (Fsp3) is 0.562. The van der Waals surface area contributed by atoms with Crippen LogP contribution >= 0.6 is 0 Å². The summed E-state index contributed by atoms with van der Waals surface area (Å²) >= 11 is 0. The number of hydrogen-bond donors (Lipinski definition) is 1. The van der Waals surface area contributed by atoms with Gasteiger partial charge in [-0.3, -0.25) is 0 Å². The Morgan fingerprint density at radius 3 is 3.00 bits per heavy atom. The molecule has 2 unspecified atom stereocenters. The molecule has 0 radical (unpaired) electrons. The average molecular weight is 257 g/mol. The number of anilines is 1. The van der Waals surface area contributed by atoms with Crippen molar-refractivity contribution in [1.29, 1.82) is 0 Å². The summed E-state index contributed by atoms with van der Waals surface area (Å²) in [6, 6.07) is 6.94. The molecule has 102 valence electrons. The van der Waals surface area contributed by atoms with Crippen LogP contribution in [0.3, 0.4) is 0 Å². The Morgan fingerprint density at radius 2 is 2.21 bits per heavy atom. The molecule has 2 N–H and O–H groups in total. The molecular weight excluding hydrogens is 234 g/mol. The third-order valence-electron chi connectivity index (χ3n) is 4.57. The molecule has 3 nitrogen and oxygen atoms in total. The Balaban J connectivity index is 2.03. The number of aryl methyl sites for hydroxylation is 1. The maximum absolute atomic E-state index is 6.17. The van der Waals surface area contributed by atoms with E-state index in [0.717, 1.165) is 11.4 Å². The molecule has 2 atom stereocenters. The second-order valence-electron chi connectivity index (χ2n) is 5.93. The van der Waals surface area contributed by atoms with Gasteiger partial charge in [0.1, 0.15) is 0 Å². The van der Waals surface area contributed by atoms with Gasteiger partial charge in [0.15, 0.2) is 0 Å². The van der Waals surface area contributed by atoms with Crippen molar-refractivity contribution in [3.05, 3.63) is 23.8 Å². The van der Waals surface area contributed by atoms with Crippen molar-refractivity contribution in [2.24, 2.45) is 5.92 Å². The Kier molecular flexibility index (Phi) is 3.21. The minimum absolute atomic E-state index is 0.533. The van der Waals surface area contributed by atoms with Crippen LogP contribution < -0.4 is 5.73 Å². The zero-order valence-electron chi connectivity index (χ0n) is 11.9. The number of nitrogens with zero attached hydrogens (tertiary/aromatic N) is 2. The summed E-state index contributed by atoms with van der Waals surface area (Å²) in [6.07, 6.45) is 6.45. The first-order chi connectivity index (χ1) is 9.19. The molecule has 0 amide bonds. The number of hydrogen-bond acceptors (Lipinski definition) is 2.